The predicted molar refractivity (Wildman–Crippen MR) is 72.2 cm³/mol. The van der Waals surface area contributed by atoms with Crippen LogP contribution in [0.25, 0.3) is 0 Å². The minimum Gasteiger partial charge on any atom is -0.381 e. The van der Waals surface area contributed by atoms with E-state index in [2.05, 4.69) is 0 Å². The highest BCUT2D eigenvalue weighted by Gasteiger charge is 2.42. The van der Waals surface area contributed by atoms with Crippen LogP contribution in [0.15, 0.2) is 0 Å². The molecule has 4 nitrogen and oxygen atoms in total. The number of hydrogen-bond acceptors (Lipinski definition) is 4. The molecule has 110 valence electrons. The lowest BCUT2D eigenvalue weighted by molar-refractivity contribution is -0.162. The number of hydrogen-bond donors (Lipinski definition) is 0. The maximum atomic E-state index is 12.5. The molecule has 2 aliphatic rings. The van der Waals surface area contributed by atoms with Crippen LogP contribution in [0.4, 0.5) is 0 Å². The van der Waals surface area contributed by atoms with Crippen molar-refractivity contribution >= 4 is 5.78 Å². The lowest BCUT2D eigenvalue weighted by Crippen LogP contribution is -2.47. The molecule has 19 heavy (non-hydrogen) atoms. The zero-order valence-electron chi connectivity index (χ0n) is 12.2. The monoisotopic (exact) mass is 270 g/mol. The Morgan fingerprint density at radius 1 is 1.32 bits per heavy atom. The molecule has 2 atom stereocenters. The summed E-state index contributed by atoms with van der Waals surface area (Å²) in [5, 5.41) is 0. The van der Waals surface area contributed by atoms with Crippen LogP contribution in [0.5, 0.6) is 0 Å². The van der Waals surface area contributed by atoms with Crippen molar-refractivity contribution in [3.05, 3.63) is 0 Å². The van der Waals surface area contributed by atoms with Crippen LogP contribution < -0.4 is 0 Å². The van der Waals surface area contributed by atoms with Crippen LogP contribution in [0, 0.1) is 5.92 Å². The van der Waals surface area contributed by atoms with Gasteiger partial charge in [0, 0.05) is 32.3 Å². The number of rotatable bonds is 5. The highest BCUT2D eigenvalue weighted by atomic mass is 16.5. The summed E-state index contributed by atoms with van der Waals surface area (Å²) < 4.78 is 17.0. The zero-order chi connectivity index (χ0) is 13.7. The van der Waals surface area contributed by atoms with Crippen molar-refractivity contribution in [1.82, 2.24) is 0 Å². The van der Waals surface area contributed by atoms with Gasteiger partial charge >= 0.3 is 0 Å². The minimum atomic E-state index is -0.231. The largest absolute Gasteiger partial charge is 0.381 e. The molecule has 0 radical (unpaired) electrons. The number of ketones is 1. The molecule has 0 N–H and O–H groups in total. The molecule has 2 rings (SSSR count). The average Bonchev–Trinajstić information content (AvgIpc) is 2.45. The lowest BCUT2D eigenvalue weighted by Gasteiger charge is -2.43. The SMILES string of the molecule is CCOC(CC)C(=O)C1CCOC2(CCOCC2)C1. The Balaban J connectivity index is 1.97. The van der Waals surface area contributed by atoms with Crippen molar-refractivity contribution in [3.8, 4) is 0 Å². The predicted octanol–water partition coefficient (Wildman–Crippen LogP) is 2.35. The quantitative estimate of drug-likeness (QED) is 0.769. The number of Topliss-reactive ketones (excluding diaryl/α,β-unsaturated/α-hetero) is 1. The average molecular weight is 270 g/mol. The summed E-state index contributed by atoms with van der Waals surface area (Å²) in [6, 6.07) is 0. The second-order valence-electron chi connectivity index (χ2n) is 5.59. The van der Waals surface area contributed by atoms with Gasteiger partial charge in [-0.1, -0.05) is 6.92 Å². The van der Waals surface area contributed by atoms with E-state index >= 15 is 0 Å². The summed E-state index contributed by atoms with van der Waals surface area (Å²) in [6.45, 7) is 6.76. The minimum absolute atomic E-state index is 0.100. The normalized spacial score (nSPS) is 28.2. The fraction of sp³-hybridized carbons (Fsp3) is 0.933. The number of carbonyl (C=O) groups is 1. The third kappa shape index (κ3) is 3.56. The summed E-state index contributed by atoms with van der Waals surface area (Å²) in [4.78, 5) is 12.5. The maximum absolute atomic E-state index is 12.5. The summed E-state index contributed by atoms with van der Waals surface area (Å²) in [5.41, 5.74) is -0.110. The molecule has 0 amide bonds. The van der Waals surface area contributed by atoms with Gasteiger partial charge in [0.05, 0.1) is 5.60 Å². The molecular formula is C15H26O4. The van der Waals surface area contributed by atoms with Crippen molar-refractivity contribution in [2.75, 3.05) is 26.4 Å². The number of ether oxygens (including phenoxy) is 3. The summed E-state index contributed by atoms with van der Waals surface area (Å²) in [6.07, 6.45) is 4.05. The van der Waals surface area contributed by atoms with Gasteiger partial charge < -0.3 is 14.2 Å². The van der Waals surface area contributed by atoms with Crippen molar-refractivity contribution in [2.45, 2.75) is 57.7 Å². The van der Waals surface area contributed by atoms with Gasteiger partial charge in [0.2, 0.25) is 0 Å². The van der Waals surface area contributed by atoms with Crippen LogP contribution in [0.1, 0.15) is 46.0 Å². The topological polar surface area (TPSA) is 44.8 Å². The molecule has 2 saturated heterocycles. The molecule has 4 heteroatoms. The van der Waals surface area contributed by atoms with Crippen molar-refractivity contribution in [1.29, 1.82) is 0 Å². The van der Waals surface area contributed by atoms with Gasteiger partial charge in [-0.25, -0.2) is 0 Å². The standard InChI is InChI=1S/C15H26O4/c1-3-13(18-4-2)14(16)12-5-8-19-15(11-12)6-9-17-10-7-15/h12-13H,3-11H2,1-2H3. The Morgan fingerprint density at radius 3 is 2.68 bits per heavy atom. The van der Waals surface area contributed by atoms with E-state index in [4.69, 9.17) is 14.2 Å². The first kappa shape index (κ1) is 14.9. The molecule has 0 aromatic carbocycles. The van der Waals surface area contributed by atoms with E-state index in [-0.39, 0.29) is 23.4 Å². The van der Waals surface area contributed by atoms with E-state index in [9.17, 15) is 4.79 Å². The van der Waals surface area contributed by atoms with Crippen molar-refractivity contribution < 1.29 is 19.0 Å². The third-order valence-electron chi connectivity index (χ3n) is 4.36. The first-order chi connectivity index (χ1) is 9.21. The first-order valence-corrected chi connectivity index (χ1v) is 7.58. The molecule has 2 fully saturated rings. The molecule has 0 bridgehead atoms. The summed E-state index contributed by atoms with van der Waals surface area (Å²) in [5.74, 6) is 0.377. The van der Waals surface area contributed by atoms with E-state index in [1.165, 1.54) is 0 Å². The Kier molecular flexibility index (Phi) is 5.37. The van der Waals surface area contributed by atoms with Crippen molar-refractivity contribution in [3.63, 3.8) is 0 Å². The van der Waals surface area contributed by atoms with Gasteiger partial charge in [0.1, 0.15) is 6.10 Å². The van der Waals surface area contributed by atoms with Crippen LogP contribution in [0.2, 0.25) is 0 Å². The fourth-order valence-corrected chi connectivity index (χ4v) is 3.23. The van der Waals surface area contributed by atoms with Gasteiger partial charge in [-0.05, 0) is 39.0 Å². The molecule has 0 aliphatic carbocycles. The molecule has 2 aliphatic heterocycles. The third-order valence-corrected chi connectivity index (χ3v) is 4.36. The summed E-state index contributed by atoms with van der Waals surface area (Å²) in [7, 11) is 0. The van der Waals surface area contributed by atoms with Crippen LogP contribution in [-0.2, 0) is 19.0 Å². The van der Waals surface area contributed by atoms with E-state index in [1.807, 2.05) is 13.8 Å². The second-order valence-corrected chi connectivity index (χ2v) is 5.59. The fourth-order valence-electron chi connectivity index (χ4n) is 3.23. The maximum Gasteiger partial charge on any atom is 0.164 e. The Labute approximate surface area is 115 Å². The second kappa shape index (κ2) is 6.82. The zero-order valence-corrected chi connectivity index (χ0v) is 12.2. The Bertz CT molecular complexity index is 291. The van der Waals surface area contributed by atoms with E-state index in [0.29, 0.717) is 13.2 Å². The molecular weight excluding hydrogens is 244 g/mol. The van der Waals surface area contributed by atoms with Gasteiger partial charge in [0.15, 0.2) is 5.78 Å². The van der Waals surface area contributed by atoms with Crippen LogP contribution in [-0.4, -0.2) is 43.9 Å². The van der Waals surface area contributed by atoms with Gasteiger partial charge in [-0.3, -0.25) is 4.79 Å². The Hall–Kier alpha value is -0.450. The first-order valence-electron chi connectivity index (χ1n) is 7.58. The lowest BCUT2D eigenvalue weighted by atomic mass is 9.78. The molecule has 2 unspecified atom stereocenters. The van der Waals surface area contributed by atoms with Gasteiger partial charge in [0.25, 0.3) is 0 Å². The molecule has 0 saturated carbocycles. The highest BCUT2D eigenvalue weighted by Crippen LogP contribution is 2.38. The number of carbonyl (C=O) groups excluding carboxylic acids is 1. The molecule has 1 spiro atoms. The molecule has 2 heterocycles. The van der Waals surface area contributed by atoms with E-state index < -0.39 is 0 Å². The van der Waals surface area contributed by atoms with E-state index in [0.717, 1.165) is 45.3 Å². The van der Waals surface area contributed by atoms with Gasteiger partial charge in [-0.2, -0.15) is 0 Å². The van der Waals surface area contributed by atoms with Crippen LogP contribution >= 0.6 is 0 Å². The van der Waals surface area contributed by atoms with E-state index in [1.54, 1.807) is 0 Å². The Morgan fingerprint density at radius 2 is 2.05 bits per heavy atom. The van der Waals surface area contributed by atoms with Gasteiger partial charge in [-0.15, -0.1) is 0 Å². The highest BCUT2D eigenvalue weighted by molar-refractivity contribution is 5.85. The van der Waals surface area contributed by atoms with Crippen molar-refractivity contribution in [2.24, 2.45) is 5.92 Å². The summed E-state index contributed by atoms with van der Waals surface area (Å²) >= 11 is 0. The molecule has 0 aromatic rings. The molecule has 0 aromatic heterocycles. The van der Waals surface area contributed by atoms with Crippen LogP contribution in [0.3, 0.4) is 0 Å². The smallest absolute Gasteiger partial charge is 0.164 e.